The first-order valence-electron chi connectivity index (χ1n) is 30.6. The van der Waals surface area contributed by atoms with E-state index >= 15 is 0 Å². The van der Waals surface area contributed by atoms with Crippen molar-refractivity contribution in [3.63, 3.8) is 0 Å². The highest BCUT2D eigenvalue weighted by atomic mass is 16.5. The van der Waals surface area contributed by atoms with Crippen LogP contribution in [0.5, 0.6) is 0 Å². The van der Waals surface area contributed by atoms with Gasteiger partial charge in [-0.1, -0.05) is 289 Å². The number of aliphatic hydroxyl groups excluding tert-OH is 2. The Balaban J connectivity index is 3.48. The lowest BCUT2D eigenvalue weighted by Gasteiger charge is -2.20. The van der Waals surface area contributed by atoms with Crippen molar-refractivity contribution >= 4 is 11.9 Å². The van der Waals surface area contributed by atoms with Crippen molar-refractivity contribution in [2.45, 2.75) is 347 Å². The van der Waals surface area contributed by atoms with Gasteiger partial charge in [0.25, 0.3) is 0 Å². The predicted molar refractivity (Wildman–Crippen MR) is 296 cm³/mol. The van der Waals surface area contributed by atoms with Gasteiger partial charge < -0.3 is 20.3 Å². The van der Waals surface area contributed by atoms with Crippen LogP contribution in [0, 0.1) is 0 Å². The number of aliphatic hydroxyl groups is 2. The second-order valence-electron chi connectivity index (χ2n) is 21.0. The first-order valence-corrected chi connectivity index (χ1v) is 30.6. The molecule has 0 radical (unpaired) electrons. The van der Waals surface area contributed by atoms with Crippen LogP contribution in [0.25, 0.3) is 0 Å². The topological polar surface area (TPSA) is 95.9 Å². The van der Waals surface area contributed by atoms with E-state index in [9.17, 15) is 19.8 Å². The van der Waals surface area contributed by atoms with Crippen molar-refractivity contribution in [2.24, 2.45) is 0 Å². The molecular weight excluding hydrogens is 839 g/mol. The third kappa shape index (κ3) is 53.7. The molecule has 6 nitrogen and oxygen atoms in total. The van der Waals surface area contributed by atoms with Crippen molar-refractivity contribution in [3.05, 3.63) is 24.3 Å². The molecule has 0 bridgehead atoms. The van der Waals surface area contributed by atoms with E-state index < -0.39 is 12.1 Å². The van der Waals surface area contributed by atoms with Gasteiger partial charge in [0.2, 0.25) is 5.91 Å². The molecule has 1 amide bonds. The van der Waals surface area contributed by atoms with E-state index in [1.165, 1.54) is 250 Å². The number of carbonyl (C=O) groups is 2. The van der Waals surface area contributed by atoms with Gasteiger partial charge in [0.15, 0.2) is 0 Å². The van der Waals surface area contributed by atoms with E-state index in [1.807, 2.05) is 6.08 Å². The highest BCUT2D eigenvalue weighted by Crippen LogP contribution is 2.17. The largest absolute Gasteiger partial charge is 0.466 e. The molecule has 6 heteroatoms. The Morgan fingerprint density at radius 1 is 0.397 bits per heavy atom. The summed E-state index contributed by atoms with van der Waals surface area (Å²) in [6.45, 7) is 4.88. The monoisotopic (exact) mass is 958 g/mol. The van der Waals surface area contributed by atoms with Crippen molar-refractivity contribution < 1.29 is 24.5 Å². The van der Waals surface area contributed by atoms with Crippen molar-refractivity contribution in [2.75, 3.05) is 13.2 Å². The highest BCUT2D eigenvalue weighted by Gasteiger charge is 2.18. The second-order valence-corrected chi connectivity index (χ2v) is 21.0. The van der Waals surface area contributed by atoms with Crippen LogP contribution in [0.3, 0.4) is 0 Å². The summed E-state index contributed by atoms with van der Waals surface area (Å²) in [6.07, 6.45) is 70.6. The number of allylic oxidation sites excluding steroid dienone is 3. The molecule has 0 saturated carbocycles. The van der Waals surface area contributed by atoms with Crippen molar-refractivity contribution in [1.82, 2.24) is 5.32 Å². The molecule has 0 fully saturated rings. The molecule has 0 aromatic heterocycles. The molecule has 0 aliphatic carbocycles. The first kappa shape index (κ1) is 66.3. The van der Waals surface area contributed by atoms with E-state index in [4.69, 9.17) is 4.74 Å². The molecule has 0 aliphatic rings. The molecular formula is C62H119NO5. The number of esters is 1. The zero-order valence-electron chi connectivity index (χ0n) is 45.9. The molecule has 68 heavy (non-hydrogen) atoms. The van der Waals surface area contributed by atoms with Crippen LogP contribution in [-0.2, 0) is 14.3 Å². The quantitative estimate of drug-likeness (QED) is 0.0321. The van der Waals surface area contributed by atoms with Gasteiger partial charge in [-0.15, -0.1) is 0 Å². The van der Waals surface area contributed by atoms with E-state index in [-0.39, 0.29) is 18.5 Å². The molecule has 0 saturated heterocycles. The van der Waals surface area contributed by atoms with Crippen molar-refractivity contribution in [1.29, 1.82) is 0 Å². The summed E-state index contributed by atoms with van der Waals surface area (Å²) < 4.78 is 5.47. The summed E-state index contributed by atoms with van der Waals surface area (Å²) in [4.78, 5) is 24.6. The summed E-state index contributed by atoms with van der Waals surface area (Å²) in [5, 5.41) is 23.2. The van der Waals surface area contributed by atoms with Gasteiger partial charge in [0, 0.05) is 12.8 Å². The summed E-state index contributed by atoms with van der Waals surface area (Å²) in [7, 11) is 0. The van der Waals surface area contributed by atoms with Gasteiger partial charge in [-0.05, 0) is 57.8 Å². The van der Waals surface area contributed by atoms with E-state index in [0.29, 0.717) is 19.4 Å². The van der Waals surface area contributed by atoms with E-state index in [0.717, 1.165) is 57.8 Å². The fraction of sp³-hybridized carbons (Fsp3) is 0.903. The number of unbranched alkanes of at least 4 members (excludes halogenated alkanes) is 44. The SMILES string of the molecule is CCCCCCCC/C=C\CCCCCCCC(=O)OCCCCCCCCCCCCCCC(=O)NC(CO)C(O)/C=C/CCCCCCCCCCCCCCCCCCCCCCCC. The predicted octanol–water partition coefficient (Wildman–Crippen LogP) is 19.0. The standard InChI is InChI=1S/C62H119NO5/c1-3-5-7-9-11-13-15-17-19-20-21-22-23-24-25-26-27-29-30-34-38-42-46-50-54-60(65)59(58-64)63-61(66)55-51-47-43-39-35-32-33-37-41-45-49-53-57-68-62(67)56-52-48-44-40-36-31-28-18-16-14-12-10-8-6-4-2/h18,28,50,54,59-60,64-65H,3-17,19-27,29-49,51-53,55-58H2,1-2H3,(H,63,66)/b28-18-,54-50+. The normalized spacial score (nSPS) is 12.7. The van der Waals surface area contributed by atoms with E-state index in [1.54, 1.807) is 6.08 Å². The van der Waals surface area contributed by atoms with Crippen LogP contribution in [0.15, 0.2) is 24.3 Å². The van der Waals surface area contributed by atoms with Crippen LogP contribution in [0.4, 0.5) is 0 Å². The molecule has 0 heterocycles. The Hall–Kier alpha value is -1.66. The molecule has 0 aliphatic heterocycles. The molecule has 2 atom stereocenters. The van der Waals surface area contributed by atoms with Crippen molar-refractivity contribution in [3.8, 4) is 0 Å². The number of nitrogens with one attached hydrogen (secondary N) is 1. The van der Waals surface area contributed by atoms with Crippen LogP contribution in [0.1, 0.15) is 335 Å². The molecule has 0 aromatic carbocycles. The summed E-state index contributed by atoms with van der Waals surface area (Å²) in [5.74, 6) is -0.0984. The number of carbonyl (C=O) groups excluding carboxylic acids is 2. The Labute approximate surface area is 424 Å². The van der Waals surface area contributed by atoms with E-state index in [2.05, 4.69) is 31.3 Å². The fourth-order valence-electron chi connectivity index (χ4n) is 9.51. The molecule has 0 rings (SSSR count). The third-order valence-corrected chi connectivity index (χ3v) is 14.2. The number of amides is 1. The maximum absolute atomic E-state index is 12.5. The number of rotatable bonds is 57. The molecule has 0 spiro atoms. The van der Waals surface area contributed by atoms with Gasteiger partial charge in [0.05, 0.1) is 25.4 Å². The molecule has 3 N–H and O–H groups in total. The Kier molecular flexibility index (Phi) is 56.5. The lowest BCUT2D eigenvalue weighted by atomic mass is 10.0. The maximum atomic E-state index is 12.5. The third-order valence-electron chi connectivity index (χ3n) is 14.2. The van der Waals surface area contributed by atoms with Gasteiger partial charge in [-0.3, -0.25) is 9.59 Å². The average Bonchev–Trinajstić information content (AvgIpc) is 3.34. The Morgan fingerprint density at radius 3 is 1.04 bits per heavy atom. The number of hydrogen-bond donors (Lipinski definition) is 3. The number of ether oxygens (including phenoxy) is 1. The first-order chi connectivity index (χ1) is 33.5. The second kappa shape index (κ2) is 57.9. The molecule has 402 valence electrons. The highest BCUT2D eigenvalue weighted by molar-refractivity contribution is 5.76. The smallest absolute Gasteiger partial charge is 0.305 e. The summed E-state index contributed by atoms with van der Waals surface area (Å²) in [6, 6.07) is -0.641. The van der Waals surface area contributed by atoms with Crippen LogP contribution in [0.2, 0.25) is 0 Å². The van der Waals surface area contributed by atoms with Gasteiger partial charge >= 0.3 is 5.97 Å². The minimum atomic E-state index is -0.856. The molecule has 2 unspecified atom stereocenters. The van der Waals surface area contributed by atoms with Crippen LogP contribution >= 0.6 is 0 Å². The zero-order chi connectivity index (χ0) is 49.3. The lowest BCUT2D eigenvalue weighted by molar-refractivity contribution is -0.143. The van der Waals surface area contributed by atoms with Gasteiger partial charge in [-0.2, -0.15) is 0 Å². The van der Waals surface area contributed by atoms with Gasteiger partial charge in [0.1, 0.15) is 0 Å². The van der Waals surface area contributed by atoms with Crippen LogP contribution in [-0.4, -0.2) is 47.4 Å². The van der Waals surface area contributed by atoms with Crippen LogP contribution < -0.4 is 5.32 Å². The Bertz CT molecular complexity index is 1060. The fourth-order valence-corrected chi connectivity index (χ4v) is 9.51. The zero-order valence-corrected chi connectivity index (χ0v) is 45.9. The Morgan fingerprint density at radius 2 is 0.691 bits per heavy atom. The number of hydrogen-bond acceptors (Lipinski definition) is 5. The lowest BCUT2D eigenvalue weighted by Crippen LogP contribution is -2.45. The average molecular weight is 959 g/mol. The summed E-state index contributed by atoms with van der Waals surface area (Å²) >= 11 is 0. The maximum Gasteiger partial charge on any atom is 0.305 e. The minimum absolute atomic E-state index is 0.0179. The molecule has 0 aromatic rings. The van der Waals surface area contributed by atoms with Gasteiger partial charge in [-0.25, -0.2) is 0 Å². The summed E-state index contributed by atoms with van der Waals surface area (Å²) in [5.41, 5.74) is 0. The minimum Gasteiger partial charge on any atom is -0.466 e.